The fourth-order valence-corrected chi connectivity index (χ4v) is 8.27. The van der Waals surface area contributed by atoms with Crippen molar-refractivity contribution in [3.8, 4) is 0 Å². The lowest BCUT2D eigenvalue weighted by molar-refractivity contribution is 0.0132. The lowest BCUT2D eigenvalue weighted by Crippen LogP contribution is -2.51. The summed E-state index contributed by atoms with van der Waals surface area (Å²) >= 11 is 0. The van der Waals surface area contributed by atoms with Gasteiger partial charge in [-0.05, 0) is 36.8 Å². The van der Waals surface area contributed by atoms with Crippen molar-refractivity contribution in [3.05, 3.63) is 29.8 Å². The van der Waals surface area contributed by atoms with Gasteiger partial charge in [-0.2, -0.15) is 0 Å². The molecule has 0 bridgehead atoms. The van der Waals surface area contributed by atoms with E-state index in [0.29, 0.717) is 18.0 Å². The first kappa shape index (κ1) is 16.1. The molecule has 1 aromatic carbocycles. The monoisotopic (exact) mass is 352 g/mol. The molecular formula is C18H28N2OS2. The van der Waals surface area contributed by atoms with Gasteiger partial charge in [0.25, 0.3) is 0 Å². The van der Waals surface area contributed by atoms with Crippen LogP contribution in [0.25, 0.3) is 0 Å². The van der Waals surface area contributed by atoms with Gasteiger partial charge in [0.15, 0.2) is 0 Å². The number of para-hydroxylation sites is 1. The fourth-order valence-electron chi connectivity index (χ4n) is 4.47. The Morgan fingerprint density at radius 2 is 2.13 bits per heavy atom. The van der Waals surface area contributed by atoms with Gasteiger partial charge in [0, 0.05) is 29.1 Å². The maximum absolute atomic E-state index is 11.5. The number of rotatable bonds is 4. The molecule has 2 unspecified atom stereocenters. The van der Waals surface area contributed by atoms with Crippen molar-refractivity contribution in [1.82, 2.24) is 4.90 Å². The van der Waals surface area contributed by atoms with Gasteiger partial charge in [-0.3, -0.25) is 4.90 Å². The average molecular weight is 353 g/mol. The number of hydrogen-bond acceptors (Lipinski definition) is 4. The van der Waals surface area contributed by atoms with E-state index < -0.39 is 5.60 Å². The highest BCUT2D eigenvalue weighted by molar-refractivity contribution is 8.87. The van der Waals surface area contributed by atoms with Gasteiger partial charge >= 0.3 is 0 Å². The molecule has 4 rings (SSSR count). The van der Waals surface area contributed by atoms with Crippen LogP contribution in [0.4, 0.5) is 5.69 Å². The Morgan fingerprint density at radius 1 is 1.39 bits per heavy atom. The van der Waals surface area contributed by atoms with E-state index in [-0.39, 0.29) is 16.1 Å². The number of hydrogen-bond donors (Lipinski definition) is 3. The number of nitrogens with zero attached hydrogens (tertiary/aromatic N) is 1. The first-order valence-corrected chi connectivity index (χ1v) is 12.0. The average Bonchev–Trinajstić information content (AvgIpc) is 2.92. The van der Waals surface area contributed by atoms with Crippen LogP contribution in [0.2, 0.25) is 0 Å². The van der Waals surface area contributed by atoms with Crippen molar-refractivity contribution in [3.63, 3.8) is 0 Å². The molecule has 0 amide bonds. The van der Waals surface area contributed by atoms with Crippen LogP contribution < -0.4 is 5.32 Å². The van der Waals surface area contributed by atoms with E-state index in [4.69, 9.17) is 0 Å². The Kier molecular flexibility index (Phi) is 4.11. The summed E-state index contributed by atoms with van der Waals surface area (Å²) in [6.07, 6.45) is 0.873. The number of anilines is 1. The summed E-state index contributed by atoms with van der Waals surface area (Å²) in [5, 5.41) is 15.2. The van der Waals surface area contributed by atoms with Crippen molar-refractivity contribution in [2.45, 2.75) is 51.0 Å². The van der Waals surface area contributed by atoms with E-state index in [0.717, 1.165) is 17.7 Å². The first-order chi connectivity index (χ1) is 11.0. The topological polar surface area (TPSA) is 35.5 Å². The highest BCUT2D eigenvalue weighted by atomic mass is 33.1. The van der Waals surface area contributed by atoms with Crippen LogP contribution in [0, 0.1) is 5.92 Å². The molecule has 5 atom stereocenters. The second-order valence-electron chi connectivity index (χ2n) is 7.55. The third kappa shape index (κ3) is 2.51. The van der Waals surface area contributed by atoms with Crippen LogP contribution in [0.3, 0.4) is 0 Å². The molecule has 1 aromatic rings. The second kappa shape index (κ2) is 5.87. The number of likely N-dealkylation sites (tertiary alicyclic amines) is 1. The SMILES string of the molecule is CC(C)[C@@H]1C[C@@]2(O)c3ccccc3N[C@H]2N1C(C)C[SH]1CCS1. The van der Waals surface area contributed by atoms with Crippen LogP contribution in [0.15, 0.2) is 24.3 Å². The molecule has 0 radical (unpaired) electrons. The van der Waals surface area contributed by atoms with Gasteiger partial charge in [0.1, 0.15) is 11.8 Å². The quantitative estimate of drug-likeness (QED) is 0.573. The Bertz CT molecular complexity index is 592. The zero-order chi connectivity index (χ0) is 16.2. The van der Waals surface area contributed by atoms with Crippen LogP contribution in [0.1, 0.15) is 32.8 Å². The third-order valence-electron chi connectivity index (χ3n) is 5.70. The molecule has 128 valence electrons. The number of aliphatic hydroxyl groups is 1. The van der Waals surface area contributed by atoms with Crippen LogP contribution in [0.5, 0.6) is 0 Å². The standard InChI is InChI=1S/C18H28N2OS2/c1-12(2)16-10-18(21)14-6-4-5-7-15(14)19-17(18)20(16)13(3)11-23-9-8-22-23/h4-7,12-13,16-17,19,21,23H,8-11H2,1-3H3/t13?,16-,17-,18+/m0/s1. The summed E-state index contributed by atoms with van der Waals surface area (Å²) in [6.45, 7) is 6.96. The molecule has 0 spiro atoms. The minimum atomic E-state index is -0.736. The van der Waals surface area contributed by atoms with E-state index in [1.54, 1.807) is 0 Å². The number of thiol groups is 1. The number of nitrogens with one attached hydrogen (secondary N) is 1. The second-order valence-corrected chi connectivity index (χ2v) is 12.3. The van der Waals surface area contributed by atoms with E-state index in [9.17, 15) is 5.11 Å². The summed E-state index contributed by atoms with van der Waals surface area (Å²) in [6, 6.07) is 9.28. The zero-order valence-corrected chi connectivity index (χ0v) is 15.9. The minimum absolute atomic E-state index is 0.0311. The highest BCUT2D eigenvalue weighted by Crippen LogP contribution is 2.54. The largest absolute Gasteiger partial charge is 0.381 e. The molecular weight excluding hydrogens is 324 g/mol. The summed E-state index contributed by atoms with van der Waals surface area (Å²) in [7, 11) is 2.35. The van der Waals surface area contributed by atoms with Gasteiger partial charge in [0.2, 0.25) is 0 Å². The van der Waals surface area contributed by atoms with Crippen molar-refractivity contribution in [2.75, 3.05) is 22.6 Å². The fraction of sp³-hybridized carbons (Fsp3) is 0.667. The van der Waals surface area contributed by atoms with Crippen molar-refractivity contribution in [1.29, 1.82) is 0 Å². The molecule has 0 aromatic heterocycles. The highest BCUT2D eigenvalue weighted by Gasteiger charge is 2.58. The van der Waals surface area contributed by atoms with Crippen LogP contribution in [-0.2, 0) is 5.60 Å². The minimum Gasteiger partial charge on any atom is -0.381 e. The van der Waals surface area contributed by atoms with E-state index >= 15 is 0 Å². The Hall–Kier alpha value is -0.360. The molecule has 3 aliphatic rings. The van der Waals surface area contributed by atoms with Gasteiger partial charge in [-0.15, -0.1) is 10.8 Å². The maximum Gasteiger partial charge on any atom is 0.127 e. The van der Waals surface area contributed by atoms with Crippen molar-refractivity contribution >= 4 is 26.4 Å². The Balaban J connectivity index is 1.64. The van der Waals surface area contributed by atoms with Crippen molar-refractivity contribution < 1.29 is 5.11 Å². The zero-order valence-electron chi connectivity index (χ0n) is 14.2. The summed E-state index contributed by atoms with van der Waals surface area (Å²) in [5.41, 5.74) is 1.47. The molecule has 23 heavy (non-hydrogen) atoms. The molecule has 0 saturated carbocycles. The predicted octanol–water partition coefficient (Wildman–Crippen LogP) is 3.41. The van der Waals surface area contributed by atoms with Gasteiger partial charge < -0.3 is 10.4 Å². The van der Waals surface area contributed by atoms with Crippen molar-refractivity contribution in [2.24, 2.45) is 5.92 Å². The van der Waals surface area contributed by atoms with Gasteiger partial charge in [-0.1, -0.05) is 32.0 Å². The molecule has 0 aliphatic carbocycles. The van der Waals surface area contributed by atoms with E-state index in [2.05, 4.69) is 60.0 Å². The van der Waals surface area contributed by atoms with Crippen LogP contribution in [-0.4, -0.2) is 45.5 Å². The van der Waals surface area contributed by atoms with Gasteiger partial charge in [-0.25, -0.2) is 9.93 Å². The molecule has 3 aliphatic heterocycles. The number of fused-ring (bicyclic) bond motifs is 3. The molecule has 3 nitrogen and oxygen atoms in total. The summed E-state index contributed by atoms with van der Waals surface area (Å²) in [5.74, 6) is 4.63. The van der Waals surface area contributed by atoms with Gasteiger partial charge in [0.05, 0.1) is 0 Å². The predicted molar refractivity (Wildman–Crippen MR) is 103 cm³/mol. The number of benzene rings is 1. The normalized spacial score (nSPS) is 38.7. The van der Waals surface area contributed by atoms with E-state index in [1.807, 2.05) is 6.07 Å². The third-order valence-corrected chi connectivity index (χ3v) is 11.1. The molecule has 2 N–H and O–H groups in total. The molecule has 2 saturated heterocycles. The Labute approximate surface area is 146 Å². The maximum atomic E-state index is 11.5. The van der Waals surface area contributed by atoms with E-state index in [1.165, 1.54) is 17.3 Å². The molecule has 5 heteroatoms. The molecule has 3 heterocycles. The first-order valence-electron chi connectivity index (χ1n) is 8.74. The lowest BCUT2D eigenvalue weighted by atomic mass is 9.88. The molecule has 2 fully saturated rings. The van der Waals surface area contributed by atoms with Crippen LogP contribution >= 0.6 is 20.7 Å². The smallest absolute Gasteiger partial charge is 0.127 e. The Morgan fingerprint density at radius 3 is 2.78 bits per heavy atom. The summed E-state index contributed by atoms with van der Waals surface area (Å²) in [4.78, 5) is 2.60. The summed E-state index contributed by atoms with van der Waals surface area (Å²) < 4.78 is 0. The lowest BCUT2D eigenvalue weighted by Gasteiger charge is -2.41.